The molecule has 0 aliphatic heterocycles. The summed E-state index contributed by atoms with van der Waals surface area (Å²) in [5.41, 5.74) is 4.20. The lowest BCUT2D eigenvalue weighted by Gasteiger charge is -2.10. The Morgan fingerprint density at radius 1 is 1.10 bits per heavy atom. The summed E-state index contributed by atoms with van der Waals surface area (Å²) in [6.45, 7) is 3.80. The third kappa shape index (κ3) is 2.05. The van der Waals surface area contributed by atoms with Gasteiger partial charge in [-0.05, 0) is 17.7 Å². The van der Waals surface area contributed by atoms with Gasteiger partial charge in [0.05, 0.1) is 12.6 Å². The van der Waals surface area contributed by atoms with Crippen molar-refractivity contribution in [2.75, 3.05) is 7.11 Å². The van der Waals surface area contributed by atoms with Crippen LogP contribution in [0.4, 0.5) is 0 Å². The standard InChI is InChI=1S/C18H15NO/c1-3-13-9-10-15(12-17(13)20-2)16-8-4-6-14-7-5-11-19-18(14)16/h3-12H,1H2,2H3. The highest BCUT2D eigenvalue weighted by Crippen LogP contribution is 2.31. The van der Waals surface area contributed by atoms with E-state index in [1.165, 1.54) is 0 Å². The van der Waals surface area contributed by atoms with E-state index >= 15 is 0 Å². The fourth-order valence-electron chi connectivity index (χ4n) is 2.38. The molecule has 98 valence electrons. The highest BCUT2D eigenvalue weighted by Gasteiger charge is 2.07. The first-order chi connectivity index (χ1) is 9.83. The van der Waals surface area contributed by atoms with E-state index in [9.17, 15) is 0 Å². The van der Waals surface area contributed by atoms with Crippen LogP contribution in [0.3, 0.4) is 0 Å². The molecule has 3 aromatic rings. The Morgan fingerprint density at radius 3 is 2.75 bits per heavy atom. The van der Waals surface area contributed by atoms with Gasteiger partial charge in [0.15, 0.2) is 0 Å². The van der Waals surface area contributed by atoms with Crippen LogP contribution < -0.4 is 4.74 Å². The summed E-state index contributed by atoms with van der Waals surface area (Å²) < 4.78 is 5.42. The second kappa shape index (κ2) is 5.17. The first-order valence-corrected chi connectivity index (χ1v) is 6.48. The quantitative estimate of drug-likeness (QED) is 0.690. The van der Waals surface area contributed by atoms with E-state index in [1.54, 1.807) is 13.2 Å². The maximum absolute atomic E-state index is 5.42. The number of hydrogen-bond donors (Lipinski definition) is 0. The van der Waals surface area contributed by atoms with Gasteiger partial charge in [0, 0.05) is 22.7 Å². The van der Waals surface area contributed by atoms with Crippen molar-refractivity contribution in [3.05, 3.63) is 66.9 Å². The van der Waals surface area contributed by atoms with Gasteiger partial charge in [0.1, 0.15) is 5.75 Å². The number of nitrogens with zero attached hydrogens (tertiary/aromatic N) is 1. The molecule has 2 heteroatoms. The van der Waals surface area contributed by atoms with Crippen LogP contribution in [0, 0.1) is 0 Å². The molecule has 0 fully saturated rings. The van der Waals surface area contributed by atoms with Crippen molar-refractivity contribution in [2.45, 2.75) is 0 Å². The van der Waals surface area contributed by atoms with E-state index < -0.39 is 0 Å². The Morgan fingerprint density at radius 2 is 1.95 bits per heavy atom. The van der Waals surface area contributed by atoms with E-state index in [0.717, 1.165) is 33.3 Å². The molecule has 0 saturated heterocycles. The average Bonchev–Trinajstić information content (AvgIpc) is 2.53. The number of para-hydroxylation sites is 1. The number of hydrogen-bond acceptors (Lipinski definition) is 2. The lowest BCUT2D eigenvalue weighted by molar-refractivity contribution is 0.414. The third-order valence-corrected chi connectivity index (χ3v) is 3.40. The molecule has 2 nitrogen and oxygen atoms in total. The number of ether oxygens (including phenoxy) is 1. The lowest BCUT2D eigenvalue weighted by atomic mass is 10.00. The molecule has 0 spiro atoms. The molecule has 1 heterocycles. The zero-order chi connectivity index (χ0) is 13.9. The summed E-state index contributed by atoms with van der Waals surface area (Å²) in [6.07, 6.45) is 3.62. The van der Waals surface area contributed by atoms with Gasteiger partial charge in [-0.15, -0.1) is 0 Å². The van der Waals surface area contributed by atoms with Crippen LogP contribution in [-0.2, 0) is 0 Å². The molecule has 0 N–H and O–H groups in total. The van der Waals surface area contributed by atoms with Crippen LogP contribution in [0.2, 0.25) is 0 Å². The summed E-state index contributed by atoms with van der Waals surface area (Å²) in [5.74, 6) is 0.824. The van der Waals surface area contributed by atoms with Crippen molar-refractivity contribution < 1.29 is 4.74 Å². The minimum absolute atomic E-state index is 0.824. The average molecular weight is 261 g/mol. The summed E-state index contributed by atoms with van der Waals surface area (Å²) in [4.78, 5) is 4.49. The molecule has 0 aliphatic rings. The van der Waals surface area contributed by atoms with E-state index in [0.29, 0.717) is 0 Å². The SMILES string of the molecule is C=Cc1ccc(-c2cccc3cccnc23)cc1OC. The summed E-state index contributed by atoms with van der Waals surface area (Å²) in [5, 5.41) is 1.14. The Balaban J connectivity index is 2.23. The first-order valence-electron chi connectivity index (χ1n) is 6.48. The molecule has 1 aromatic heterocycles. The summed E-state index contributed by atoms with van der Waals surface area (Å²) >= 11 is 0. The normalized spacial score (nSPS) is 10.4. The second-order valence-electron chi connectivity index (χ2n) is 4.54. The minimum atomic E-state index is 0.824. The smallest absolute Gasteiger partial charge is 0.126 e. The van der Waals surface area contributed by atoms with Gasteiger partial charge in [-0.3, -0.25) is 4.98 Å². The number of fused-ring (bicyclic) bond motifs is 1. The first kappa shape index (κ1) is 12.4. The maximum Gasteiger partial charge on any atom is 0.126 e. The van der Waals surface area contributed by atoms with Crippen LogP contribution in [0.1, 0.15) is 5.56 Å². The zero-order valence-electron chi connectivity index (χ0n) is 11.3. The molecule has 0 bridgehead atoms. The van der Waals surface area contributed by atoms with Gasteiger partial charge in [-0.1, -0.05) is 49.1 Å². The molecular weight excluding hydrogens is 246 g/mol. The van der Waals surface area contributed by atoms with E-state index in [1.807, 2.05) is 30.5 Å². The molecule has 20 heavy (non-hydrogen) atoms. The van der Waals surface area contributed by atoms with Crippen LogP contribution in [0.15, 0.2) is 61.3 Å². The van der Waals surface area contributed by atoms with E-state index in [2.05, 4.69) is 35.8 Å². The highest BCUT2D eigenvalue weighted by molar-refractivity contribution is 5.93. The molecule has 0 saturated carbocycles. The van der Waals surface area contributed by atoms with Crippen molar-refractivity contribution in [1.29, 1.82) is 0 Å². The molecule has 2 aromatic carbocycles. The fraction of sp³-hybridized carbons (Fsp3) is 0.0556. The molecule has 0 aliphatic carbocycles. The molecule has 0 unspecified atom stereocenters. The maximum atomic E-state index is 5.42. The Bertz CT molecular complexity index is 772. The Kier molecular flexibility index (Phi) is 3.21. The Labute approximate surface area is 118 Å². The number of benzene rings is 2. The molecule has 3 rings (SSSR count). The van der Waals surface area contributed by atoms with Gasteiger partial charge in [0.2, 0.25) is 0 Å². The number of rotatable bonds is 3. The lowest BCUT2D eigenvalue weighted by Crippen LogP contribution is -1.89. The molecular formula is C18H15NO. The van der Waals surface area contributed by atoms with E-state index in [-0.39, 0.29) is 0 Å². The monoisotopic (exact) mass is 261 g/mol. The Hall–Kier alpha value is -2.61. The van der Waals surface area contributed by atoms with Crippen molar-refractivity contribution in [1.82, 2.24) is 4.98 Å². The summed E-state index contributed by atoms with van der Waals surface area (Å²) in [7, 11) is 1.67. The van der Waals surface area contributed by atoms with Gasteiger partial charge in [0.25, 0.3) is 0 Å². The van der Waals surface area contributed by atoms with Crippen LogP contribution in [0.25, 0.3) is 28.1 Å². The van der Waals surface area contributed by atoms with Gasteiger partial charge < -0.3 is 4.74 Å². The molecule has 0 radical (unpaired) electrons. The predicted octanol–water partition coefficient (Wildman–Crippen LogP) is 4.55. The minimum Gasteiger partial charge on any atom is -0.496 e. The van der Waals surface area contributed by atoms with Gasteiger partial charge >= 0.3 is 0 Å². The highest BCUT2D eigenvalue weighted by atomic mass is 16.5. The van der Waals surface area contributed by atoms with Crippen LogP contribution >= 0.6 is 0 Å². The third-order valence-electron chi connectivity index (χ3n) is 3.40. The number of aromatic nitrogens is 1. The van der Waals surface area contributed by atoms with Crippen LogP contribution in [0.5, 0.6) is 5.75 Å². The van der Waals surface area contributed by atoms with Crippen molar-refractivity contribution in [2.24, 2.45) is 0 Å². The molecule has 0 amide bonds. The number of pyridine rings is 1. The summed E-state index contributed by atoms with van der Waals surface area (Å²) in [6, 6.07) is 16.3. The van der Waals surface area contributed by atoms with Gasteiger partial charge in [-0.2, -0.15) is 0 Å². The largest absolute Gasteiger partial charge is 0.496 e. The van der Waals surface area contributed by atoms with Crippen molar-refractivity contribution >= 4 is 17.0 Å². The van der Waals surface area contributed by atoms with Crippen LogP contribution in [-0.4, -0.2) is 12.1 Å². The van der Waals surface area contributed by atoms with Gasteiger partial charge in [-0.25, -0.2) is 0 Å². The zero-order valence-corrected chi connectivity index (χ0v) is 11.3. The van der Waals surface area contributed by atoms with Crippen molar-refractivity contribution in [3.8, 4) is 16.9 Å². The topological polar surface area (TPSA) is 22.1 Å². The van der Waals surface area contributed by atoms with Crippen molar-refractivity contribution in [3.63, 3.8) is 0 Å². The van der Waals surface area contributed by atoms with E-state index in [4.69, 9.17) is 4.74 Å². The fourth-order valence-corrected chi connectivity index (χ4v) is 2.38. The number of methoxy groups -OCH3 is 1. The second-order valence-corrected chi connectivity index (χ2v) is 4.54. The predicted molar refractivity (Wildman–Crippen MR) is 83.8 cm³/mol. The molecule has 0 atom stereocenters.